The number of nitrogens with one attached hydrogen (secondary N) is 1. The number of benzene rings is 1. The van der Waals surface area contributed by atoms with Crippen molar-refractivity contribution >= 4 is 36.0 Å². The number of hydrogen-bond acceptors (Lipinski definition) is 11. The van der Waals surface area contributed by atoms with Gasteiger partial charge >= 0.3 is 13.5 Å². The molecule has 16 heteroatoms. The van der Waals surface area contributed by atoms with Crippen molar-refractivity contribution in [2.45, 2.75) is 96.9 Å². The monoisotopic (exact) mass is 605 g/mol. The Labute approximate surface area is 234 Å². The fourth-order valence-corrected chi connectivity index (χ4v) is 6.61. The van der Waals surface area contributed by atoms with Gasteiger partial charge in [-0.25, -0.2) is 9.36 Å². The van der Waals surface area contributed by atoms with E-state index in [1.54, 1.807) is 55.4 Å². The molecule has 2 saturated heterocycles. The lowest BCUT2D eigenvalue weighted by atomic mass is 10.1. The molecule has 2 aromatic rings. The maximum absolute atomic E-state index is 13.6. The highest BCUT2D eigenvalue weighted by Gasteiger charge is 2.57. The van der Waals surface area contributed by atoms with E-state index in [0.29, 0.717) is 0 Å². The molecule has 40 heavy (non-hydrogen) atoms. The molecule has 0 aliphatic carbocycles. The number of nitro groups is 1. The summed E-state index contributed by atoms with van der Waals surface area (Å²) in [5.74, 6) is -1.10. The summed E-state index contributed by atoms with van der Waals surface area (Å²) in [6.45, 7) is 13.2. The van der Waals surface area contributed by atoms with Gasteiger partial charge < -0.3 is 14.2 Å². The second-order valence-corrected chi connectivity index (χ2v) is 13.9. The molecule has 0 unspecified atom stereocenters. The summed E-state index contributed by atoms with van der Waals surface area (Å²) >= 11 is 6.13. The van der Waals surface area contributed by atoms with Crippen LogP contribution in [-0.2, 0) is 32.3 Å². The highest BCUT2D eigenvalue weighted by Crippen LogP contribution is 2.56. The van der Waals surface area contributed by atoms with Gasteiger partial charge in [-0.2, -0.15) is 0 Å². The quantitative estimate of drug-likeness (QED) is 0.269. The lowest BCUT2D eigenvalue weighted by Crippen LogP contribution is -2.38. The zero-order valence-electron chi connectivity index (χ0n) is 23.4. The van der Waals surface area contributed by atoms with Gasteiger partial charge in [0.15, 0.2) is 12.0 Å². The first-order valence-corrected chi connectivity index (χ1v) is 14.3. The molecule has 0 bridgehead atoms. The average Bonchev–Trinajstić information content (AvgIpc) is 3.22. The SMILES string of the molecule is CC(C)(C)OP(=O)(OC[C@H]1O[C@@H](n2c(=O)[nH]c(=O)c3cc([N+](=O)[O-])c(Cl)cc32)[C@@H]2OC(C)(C)O[C@@H]21)OC(C)(C)C. The molecule has 0 saturated carbocycles. The zero-order chi connectivity index (χ0) is 30.0. The molecule has 3 heterocycles. The van der Waals surface area contributed by atoms with Gasteiger partial charge in [-0.05, 0) is 61.5 Å². The Balaban J connectivity index is 1.74. The molecule has 0 amide bonds. The van der Waals surface area contributed by atoms with Crippen LogP contribution in [0.3, 0.4) is 0 Å². The molecular weight excluding hydrogens is 573 g/mol. The van der Waals surface area contributed by atoms with Crippen LogP contribution in [0.25, 0.3) is 10.9 Å². The van der Waals surface area contributed by atoms with Crippen molar-refractivity contribution in [3.63, 3.8) is 0 Å². The maximum Gasteiger partial charge on any atom is 0.475 e. The Hall–Kier alpha value is -2.16. The van der Waals surface area contributed by atoms with E-state index in [1.807, 2.05) is 0 Å². The topological polar surface area (TPSA) is 170 Å². The van der Waals surface area contributed by atoms with E-state index in [2.05, 4.69) is 4.98 Å². The number of aromatic nitrogens is 2. The van der Waals surface area contributed by atoms with Crippen LogP contribution in [-0.4, -0.2) is 56.4 Å². The third-order valence-corrected chi connectivity index (χ3v) is 8.06. The van der Waals surface area contributed by atoms with Crippen molar-refractivity contribution in [2.24, 2.45) is 0 Å². The summed E-state index contributed by atoms with van der Waals surface area (Å²) in [5.41, 5.74) is -3.96. The number of nitro benzene ring substituents is 1. The summed E-state index contributed by atoms with van der Waals surface area (Å²) in [7, 11) is -4.13. The van der Waals surface area contributed by atoms with Gasteiger partial charge in [-0.1, -0.05) is 11.6 Å². The summed E-state index contributed by atoms with van der Waals surface area (Å²) in [6, 6.07) is 2.14. The van der Waals surface area contributed by atoms with Gasteiger partial charge in [-0.3, -0.25) is 38.0 Å². The zero-order valence-corrected chi connectivity index (χ0v) is 25.0. The van der Waals surface area contributed by atoms with Crippen molar-refractivity contribution in [1.82, 2.24) is 9.55 Å². The highest BCUT2D eigenvalue weighted by molar-refractivity contribution is 7.48. The van der Waals surface area contributed by atoms with Crippen LogP contribution in [0.5, 0.6) is 0 Å². The number of phosphoric ester groups is 1. The third-order valence-electron chi connectivity index (χ3n) is 5.75. The first-order valence-electron chi connectivity index (χ1n) is 12.5. The first-order chi connectivity index (χ1) is 18.2. The van der Waals surface area contributed by atoms with E-state index in [4.69, 9.17) is 39.4 Å². The van der Waals surface area contributed by atoms with Crippen molar-refractivity contribution < 1.29 is 37.3 Å². The number of halogens is 1. The molecule has 1 aromatic carbocycles. The predicted octanol–water partition coefficient (Wildman–Crippen LogP) is 4.42. The van der Waals surface area contributed by atoms with E-state index in [1.165, 1.54) is 0 Å². The van der Waals surface area contributed by atoms with Gasteiger partial charge in [0.1, 0.15) is 23.3 Å². The molecule has 1 N–H and O–H groups in total. The van der Waals surface area contributed by atoms with E-state index < -0.39 is 71.2 Å². The molecule has 0 radical (unpaired) electrons. The number of fused-ring (bicyclic) bond motifs is 2. The summed E-state index contributed by atoms with van der Waals surface area (Å²) in [4.78, 5) is 38.5. The summed E-state index contributed by atoms with van der Waals surface area (Å²) in [5, 5.41) is 11.0. The Kier molecular flexibility index (Phi) is 7.91. The molecule has 4 rings (SSSR count). The molecule has 14 nitrogen and oxygen atoms in total. The van der Waals surface area contributed by atoms with E-state index in [9.17, 15) is 24.3 Å². The summed E-state index contributed by atoms with van der Waals surface area (Å²) < 4.78 is 50.1. The minimum absolute atomic E-state index is 0.0132. The Morgan fingerprint density at radius 3 is 2.23 bits per heavy atom. The fraction of sp³-hybridized carbons (Fsp3) is 0.667. The van der Waals surface area contributed by atoms with Gasteiger partial charge in [0.05, 0.1) is 33.6 Å². The standard InChI is InChI=1S/C24H33ClN3O11P/c1-22(2,3)38-40(33,39-23(4,5)6)34-11-16-17-18(37-24(7,8)36-17)20(35-16)27-14-10-13(25)15(28(31)32)9-12(14)19(29)26-21(27)30/h9-10,16-18,20H,11H2,1-8H3,(H,26,29,30)/t16-,17-,18-,20-/m1/s1. The van der Waals surface area contributed by atoms with Crippen LogP contribution in [0.1, 0.15) is 61.6 Å². The van der Waals surface area contributed by atoms with E-state index in [0.717, 1.165) is 16.7 Å². The van der Waals surface area contributed by atoms with Crippen molar-refractivity contribution in [2.75, 3.05) is 6.61 Å². The number of aromatic amines is 1. The molecule has 1 aromatic heterocycles. The number of phosphoric acid groups is 1. The van der Waals surface area contributed by atoms with Crippen LogP contribution in [0, 0.1) is 10.1 Å². The molecule has 4 atom stereocenters. The predicted molar refractivity (Wildman–Crippen MR) is 143 cm³/mol. The van der Waals surface area contributed by atoms with Crippen molar-refractivity contribution in [1.29, 1.82) is 0 Å². The first kappa shape index (κ1) is 30.8. The Bertz CT molecular complexity index is 1470. The lowest BCUT2D eigenvalue weighted by Gasteiger charge is -2.32. The number of H-pyrrole nitrogens is 1. The Morgan fingerprint density at radius 1 is 1.10 bits per heavy atom. The van der Waals surface area contributed by atoms with Gasteiger partial charge in [0, 0.05) is 6.07 Å². The number of ether oxygens (including phenoxy) is 3. The second-order valence-electron chi connectivity index (χ2n) is 12.0. The molecular formula is C24H33ClN3O11P. The van der Waals surface area contributed by atoms with Crippen LogP contribution >= 0.6 is 19.4 Å². The smallest absolute Gasteiger partial charge is 0.346 e. The molecule has 2 fully saturated rings. The van der Waals surface area contributed by atoms with E-state index in [-0.39, 0.29) is 22.5 Å². The summed E-state index contributed by atoms with van der Waals surface area (Å²) in [6.07, 6.45) is -3.81. The second kappa shape index (κ2) is 10.3. The van der Waals surface area contributed by atoms with E-state index >= 15 is 0 Å². The lowest BCUT2D eigenvalue weighted by molar-refractivity contribution is -0.384. The molecule has 222 valence electrons. The molecule has 2 aliphatic rings. The van der Waals surface area contributed by atoms with Gasteiger partial charge in [0.2, 0.25) is 0 Å². The van der Waals surface area contributed by atoms with Crippen LogP contribution in [0.4, 0.5) is 5.69 Å². The van der Waals surface area contributed by atoms with Crippen LogP contribution < -0.4 is 11.2 Å². The minimum Gasteiger partial charge on any atom is -0.346 e. The normalized spacial score (nSPS) is 24.9. The van der Waals surface area contributed by atoms with Crippen molar-refractivity contribution in [3.05, 3.63) is 48.1 Å². The Morgan fingerprint density at radius 2 is 1.68 bits per heavy atom. The largest absolute Gasteiger partial charge is 0.475 e. The van der Waals surface area contributed by atoms with Crippen LogP contribution in [0.15, 0.2) is 21.7 Å². The maximum atomic E-state index is 13.6. The highest BCUT2D eigenvalue weighted by atomic mass is 35.5. The van der Waals surface area contributed by atoms with Crippen molar-refractivity contribution in [3.8, 4) is 0 Å². The molecule has 2 aliphatic heterocycles. The molecule has 0 spiro atoms. The van der Waals surface area contributed by atoms with Gasteiger partial charge in [-0.15, -0.1) is 0 Å². The number of nitrogens with zero attached hydrogens (tertiary/aromatic N) is 2. The van der Waals surface area contributed by atoms with Crippen LogP contribution in [0.2, 0.25) is 5.02 Å². The van der Waals surface area contributed by atoms with Gasteiger partial charge in [0.25, 0.3) is 11.2 Å². The number of rotatable bonds is 7. The third kappa shape index (κ3) is 6.50. The minimum atomic E-state index is -4.13. The number of hydrogen-bond donors (Lipinski definition) is 1. The average molecular weight is 606 g/mol. The fourth-order valence-electron chi connectivity index (χ4n) is 4.57.